The van der Waals surface area contributed by atoms with Gasteiger partial charge in [-0.05, 0) is 48.2 Å². The van der Waals surface area contributed by atoms with Crippen LogP contribution in [0.3, 0.4) is 0 Å². The number of benzene rings is 3. The van der Waals surface area contributed by atoms with E-state index in [9.17, 15) is 32.7 Å². The van der Waals surface area contributed by atoms with E-state index in [1.165, 1.54) is 10.9 Å². The van der Waals surface area contributed by atoms with Crippen molar-refractivity contribution in [1.29, 1.82) is 5.26 Å². The van der Waals surface area contributed by atoms with Gasteiger partial charge in [0.05, 0.1) is 30.0 Å². The Morgan fingerprint density at radius 2 is 1.66 bits per heavy atom. The molecule has 1 aliphatic carbocycles. The first kappa shape index (κ1) is 40.5. The number of esters is 1. The molecule has 0 radical (unpaired) electrons. The maximum absolute atomic E-state index is 13.5. The molecule has 3 amide bonds. The third-order valence-electron chi connectivity index (χ3n) is 10.5. The predicted molar refractivity (Wildman–Crippen MR) is 210 cm³/mol. The summed E-state index contributed by atoms with van der Waals surface area (Å²) in [5, 5.41) is 32.1. The molecule has 3 heterocycles. The summed E-state index contributed by atoms with van der Waals surface area (Å²) in [6.07, 6.45) is -6.94. The average molecular weight is 811 g/mol. The Morgan fingerprint density at radius 1 is 0.983 bits per heavy atom. The lowest BCUT2D eigenvalue weighted by molar-refractivity contribution is -0.209. The van der Waals surface area contributed by atoms with E-state index in [1.807, 2.05) is 71.6 Å². The number of carbonyl (C=O) groups excluding carboxylic acids is 3. The van der Waals surface area contributed by atoms with E-state index < -0.39 is 48.4 Å². The molecule has 0 spiro atoms. The zero-order valence-electron chi connectivity index (χ0n) is 31.8. The first-order chi connectivity index (χ1) is 28.4. The number of nitriles is 1. The molecule has 306 valence electrons. The summed E-state index contributed by atoms with van der Waals surface area (Å²) in [4.78, 5) is 53.7. The molecule has 15 nitrogen and oxygen atoms in total. The number of anilines is 3. The summed E-state index contributed by atoms with van der Waals surface area (Å²) in [6, 6.07) is 25.2. The number of amides is 3. The van der Waals surface area contributed by atoms with Gasteiger partial charge in [0.2, 0.25) is 11.9 Å². The molecule has 59 heavy (non-hydrogen) atoms. The van der Waals surface area contributed by atoms with Crippen LogP contribution < -0.4 is 26.2 Å². The van der Waals surface area contributed by atoms with Crippen LogP contribution in [0.15, 0.2) is 91.3 Å². The van der Waals surface area contributed by atoms with Gasteiger partial charge < -0.3 is 40.6 Å². The second kappa shape index (κ2) is 17.4. The smallest absolute Gasteiger partial charge is 0.451 e. The second-order valence-electron chi connectivity index (χ2n) is 14.4. The number of carbonyl (C=O) groups is 3. The summed E-state index contributed by atoms with van der Waals surface area (Å²) in [7, 11) is 0. The number of ether oxygens (including phenoxy) is 1. The van der Waals surface area contributed by atoms with Crippen LogP contribution in [0.25, 0.3) is 11.2 Å². The number of halogens is 3. The summed E-state index contributed by atoms with van der Waals surface area (Å²) in [5.74, 6) is -2.53. The van der Waals surface area contributed by atoms with E-state index in [4.69, 9.17) is 20.0 Å². The van der Waals surface area contributed by atoms with Gasteiger partial charge in [-0.3, -0.25) is 4.79 Å². The molecule has 5 atom stereocenters. The predicted octanol–water partition coefficient (Wildman–Crippen LogP) is 5.02. The fourth-order valence-electron chi connectivity index (χ4n) is 7.50. The largest absolute Gasteiger partial charge is 0.490 e. The van der Waals surface area contributed by atoms with Gasteiger partial charge in [-0.15, -0.1) is 0 Å². The lowest BCUT2D eigenvalue weighted by atomic mass is 9.91. The van der Waals surface area contributed by atoms with E-state index in [2.05, 4.69) is 26.3 Å². The Bertz CT molecular complexity index is 2280. The highest BCUT2D eigenvalue weighted by Crippen LogP contribution is 2.38. The number of imidazole rings is 1. The molecule has 18 heteroatoms. The van der Waals surface area contributed by atoms with Crippen molar-refractivity contribution in [2.24, 2.45) is 0 Å². The van der Waals surface area contributed by atoms with Crippen molar-refractivity contribution < 1.29 is 37.4 Å². The fourth-order valence-corrected chi connectivity index (χ4v) is 7.50. The number of aliphatic hydroxyl groups is 1. The van der Waals surface area contributed by atoms with Crippen molar-refractivity contribution in [3.63, 3.8) is 0 Å². The molecular weight excluding hydrogens is 770 g/mol. The number of rotatable bonds is 12. The number of urea groups is 1. The van der Waals surface area contributed by atoms with Crippen molar-refractivity contribution >= 4 is 46.5 Å². The second-order valence-corrected chi connectivity index (χ2v) is 14.4. The Hall–Kier alpha value is -6.74. The third-order valence-corrected chi connectivity index (χ3v) is 10.5. The van der Waals surface area contributed by atoms with Gasteiger partial charge in [0.15, 0.2) is 23.1 Å². The highest BCUT2D eigenvalue weighted by molar-refractivity contribution is 5.89. The molecule has 5 aromatic rings. The summed E-state index contributed by atoms with van der Waals surface area (Å²) in [6.45, 7) is 2.67. The molecule has 0 bridgehead atoms. The van der Waals surface area contributed by atoms with Gasteiger partial charge in [-0.2, -0.15) is 28.4 Å². The quantitative estimate of drug-likeness (QED) is 0.106. The molecule has 2 aliphatic rings. The van der Waals surface area contributed by atoms with Crippen LogP contribution in [0.2, 0.25) is 0 Å². The van der Waals surface area contributed by atoms with Crippen LogP contribution >= 0.6 is 0 Å². The molecule has 3 aromatic carbocycles. The summed E-state index contributed by atoms with van der Waals surface area (Å²) < 4.78 is 46.9. The van der Waals surface area contributed by atoms with Gasteiger partial charge in [-0.25, -0.2) is 14.6 Å². The van der Waals surface area contributed by atoms with Gasteiger partial charge in [0.1, 0.15) is 6.10 Å². The van der Waals surface area contributed by atoms with Crippen molar-refractivity contribution in [1.82, 2.24) is 30.2 Å². The third kappa shape index (κ3) is 9.20. The molecule has 5 N–H and O–H groups in total. The number of hydrogen-bond acceptors (Lipinski definition) is 11. The van der Waals surface area contributed by atoms with E-state index in [1.54, 1.807) is 31.2 Å². The van der Waals surface area contributed by atoms with Crippen molar-refractivity contribution in [2.75, 3.05) is 35.2 Å². The molecule has 0 unspecified atom stereocenters. The Labute approximate surface area is 336 Å². The minimum absolute atomic E-state index is 0.0518. The van der Waals surface area contributed by atoms with Crippen molar-refractivity contribution in [3.05, 3.63) is 108 Å². The molecule has 2 aromatic heterocycles. The van der Waals surface area contributed by atoms with Gasteiger partial charge >= 0.3 is 18.2 Å². The Balaban J connectivity index is 1.22. The van der Waals surface area contributed by atoms with Crippen LogP contribution in [0.4, 0.5) is 35.4 Å². The van der Waals surface area contributed by atoms with Gasteiger partial charge in [-0.1, -0.05) is 67.6 Å². The molecule has 7 rings (SSSR count). The van der Waals surface area contributed by atoms with E-state index in [0.717, 1.165) is 11.1 Å². The van der Waals surface area contributed by atoms with E-state index >= 15 is 0 Å². The first-order valence-electron chi connectivity index (χ1n) is 19.1. The maximum Gasteiger partial charge on any atom is 0.490 e. The average Bonchev–Trinajstić information content (AvgIpc) is 3.96. The normalized spacial score (nSPS) is 20.3. The van der Waals surface area contributed by atoms with Gasteiger partial charge in [0.25, 0.3) is 0 Å². The standard InChI is InChI=1S/C41H41F3N10O5/c1-2-32(55)50-30-19-31(35(34(30)56)59-38(57)41(42,43)44)54-23-47-33-36(46-21-29(25-9-5-3-6-10-25)26-11-7-4-8-12-26)51-39(52-37(33)54)53-18-17-28(22-53)49-40(58)48-27-15-13-24(20-45)14-16-27/h3-16,23,28-31,34-35,56H,2,17-19,21-22H2,1H3,(H,50,55)(H,46,51,52)(H2,48,49,58)/t28-,30+,31-,34-,35+/m1/s1. The first-order valence-corrected chi connectivity index (χ1v) is 19.1. The zero-order valence-corrected chi connectivity index (χ0v) is 31.8. The number of fused-ring (bicyclic) bond motifs is 1. The summed E-state index contributed by atoms with van der Waals surface area (Å²) >= 11 is 0. The molecular formula is C41H41F3N10O5. The van der Waals surface area contributed by atoms with E-state index in [-0.39, 0.29) is 41.9 Å². The fraction of sp³-hybridized carbons (Fsp3) is 0.341. The highest BCUT2D eigenvalue weighted by atomic mass is 19.4. The minimum atomic E-state index is -5.34. The summed E-state index contributed by atoms with van der Waals surface area (Å²) in [5.41, 5.74) is 3.46. The van der Waals surface area contributed by atoms with Crippen molar-refractivity contribution in [3.8, 4) is 6.07 Å². The van der Waals surface area contributed by atoms with Gasteiger partial charge in [0, 0.05) is 43.7 Å². The number of aliphatic hydroxyl groups excluding tert-OH is 1. The Morgan fingerprint density at radius 3 is 2.29 bits per heavy atom. The monoisotopic (exact) mass is 810 g/mol. The van der Waals surface area contributed by atoms with Crippen LogP contribution in [-0.2, 0) is 14.3 Å². The SMILES string of the molecule is CCC(=O)N[C@H]1C[C@@H](n2cnc3c(NCC(c4ccccc4)c4ccccc4)nc(N4CC[C@@H](NC(=O)Nc5ccc(C#N)cc5)C4)nc32)[C@H](OC(=O)C(F)(F)F)[C@@H]1O. The van der Waals surface area contributed by atoms with Crippen LogP contribution in [0, 0.1) is 11.3 Å². The molecule has 2 fully saturated rings. The zero-order chi connectivity index (χ0) is 41.7. The number of hydrogen-bond donors (Lipinski definition) is 5. The van der Waals surface area contributed by atoms with Crippen LogP contribution in [-0.4, -0.2) is 92.6 Å². The topological polar surface area (TPSA) is 199 Å². The number of nitrogens with one attached hydrogen (secondary N) is 4. The maximum atomic E-state index is 13.5. The molecule has 1 saturated carbocycles. The van der Waals surface area contributed by atoms with Crippen LogP contribution in [0.5, 0.6) is 0 Å². The minimum Gasteiger partial charge on any atom is -0.451 e. The van der Waals surface area contributed by atoms with Crippen molar-refractivity contribution in [2.45, 2.75) is 68.6 Å². The number of aromatic nitrogens is 4. The molecule has 1 saturated heterocycles. The lowest BCUT2D eigenvalue weighted by Gasteiger charge is -2.25. The van der Waals surface area contributed by atoms with E-state index in [0.29, 0.717) is 43.1 Å². The molecule has 1 aliphatic heterocycles. The van der Waals surface area contributed by atoms with Crippen LogP contribution in [0.1, 0.15) is 54.8 Å². The highest BCUT2D eigenvalue weighted by Gasteiger charge is 2.51. The number of alkyl halides is 3. The number of nitrogens with zero attached hydrogens (tertiary/aromatic N) is 6. The Kier molecular flexibility index (Phi) is 11.9. The lowest BCUT2D eigenvalue weighted by Crippen LogP contribution is -2.45.